The van der Waals surface area contributed by atoms with Crippen LogP contribution >= 0.6 is 0 Å². The van der Waals surface area contributed by atoms with Crippen LogP contribution in [0.2, 0.25) is 0 Å². The van der Waals surface area contributed by atoms with E-state index in [2.05, 4.69) is 33.3 Å². The number of aromatic nitrogens is 2. The van der Waals surface area contributed by atoms with Gasteiger partial charge in [-0.2, -0.15) is 5.10 Å². The van der Waals surface area contributed by atoms with Crippen LogP contribution in [0.1, 0.15) is 17.5 Å². The number of aromatic amines is 1. The summed E-state index contributed by atoms with van der Waals surface area (Å²) in [7, 11) is 0. The van der Waals surface area contributed by atoms with Crippen molar-refractivity contribution >= 4 is 10.9 Å². The summed E-state index contributed by atoms with van der Waals surface area (Å²) in [6.07, 6.45) is 3.12. The molecule has 2 heterocycles. The molecule has 1 saturated carbocycles. The minimum Gasteiger partial charge on any atom is -0.493 e. The van der Waals surface area contributed by atoms with Crippen molar-refractivity contribution < 1.29 is 9.13 Å². The molecule has 26 heavy (non-hydrogen) atoms. The molecule has 3 aromatic rings. The highest BCUT2D eigenvalue weighted by atomic mass is 19.1. The number of hydrogen-bond donors (Lipinski definition) is 1. The van der Waals surface area contributed by atoms with Crippen LogP contribution in [0.3, 0.4) is 0 Å². The van der Waals surface area contributed by atoms with Crippen LogP contribution in [0.25, 0.3) is 10.9 Å². The smallest absolute Gasteiger partial charge is 0.126 e. The van der Waals surface area contributed by atoms with Crippen LogP contribution in [0.5, 0.6) is 5.75 Å². The number of hydrogen-bond acceptors (Lipinski definition) is 3. The van der Waals surface area contributed by atoms with E-state index in [1.807, 2.05) is 6.20 Å². The van der Waals surface area contributed by atoms with Crippen LogP contribution in [0.15, 0.2) is 42.6 Å². The molecule has 1 saturated heterocycles. The van der Waals surface area contributed by atoms with E-state index in [1.54, 1.807) is 19.1 Å². The number of H-pyrrole nitrogens is 1. The number of nitrogens with one attached hydrogen (secondary N) is 1. The van der Waals surface area contributed by atoms with Crippen LogP contribution in [0.4, 0.5) is 4.39 Å². The van der Waals surface area contributed by atoms with Crippen molar-refractivity contribution in [2.45, 2.75) is 19.9 Å². The molecule has 0 bridgehead atoms. The topological polar surface area (TPSA) is 41.1 Å². The van der Waals surface area contributed by atoms with E-state index in [0.717, 1.165) is 48.8 Å². The van der Waals surface area contributed by atoms with Crippen molar-refractivity contribution in [1.29, 1.82) is 0 Å². The summed E-state index contributed by atoms with van der Waals surface area (Å²) in [5.41, 5.74) is 3.32. The van der Waals surface area contributed by atoms with Gasteiger partial charge in [0.15, 0.2) is 0 Å². The Bertz CT molecular complexity index is 969. The average Bonchev–Trinajstić information content (AvgIpc) is 2.96. The van der Waals surface area contributed by atoms with Gasteiger partial charge >= 0.3 is 0 Å². The molecule has 0 radical (unpaired) electrons. The van der Waals surface area contributed by atoms with E-state index in [9.17, 15) is 4.39 Å². The number of piperidine rings is 1. The monoisotopic (exact) mass is 351 g/mol. The third kappa shape index (κ3) is 2.76. The van der Waals surface area contributed by atoms with Gasteiger partial charge in [-0.3, -0.25) is 10.00 Å². The molecular formula is C21H22FN3O. The molecule has 2 aromatic carbocycles. The van der Waals surface area contributed by atoms with E-state index in [1.165, 1.54) is 18.1 Å². The molecule has 2 fully saturated rings. The normalized spacial score (nSPS) is 24.8. The third-order valence-corrected chi connectivity index (χ3v) is 5.94. The van der Waals surface area contributed by atoms with Gasteiger partial charge < -0.3 is 4.74 Å². The standard InChI is InChI=1S/C21H22FN3O/c1-14-6-18(3-4-19(14)22)26-13-21-8-17(21)11-25(12-21)10-15-2-5-20-16(7-15)9-23-24-20/h2-7,9,17H,8,10-13H2,1H3,(H,23,24). The van der Waals surface area contributed by atoms with Gasteiger partial charge in [0.05, 0.1) is 18.3 Å². The number of rotatable bonds is 5. The van der Waals surface area contributed by atoms with Gasteiger partial charge in [0.1, 0.15) is 11.6 Å². The Morgan fingerprint density at radius 2 is 2.23 bits per heavy atom. The molecule has 134 valence electrons. The van der Waals surface area contributed by atoms with Crippen molar-refractivity contribution in [2.75, 3.05) is 19.7 Å². The van der Waals surface area contributed by atoms with Gasteiger partial charge in [0.25, 0.3) is 0 Å². The van der Waals surface area contributed by atoms with Gasteiger partial charge in [-0.05, 0) is 60.7 Å². The van der Waals surface area contributed by atoms with Crippen LogP contribution in [0, 0.1) is 24.1 Å². The number of likely N-dealkylation sites (tertiary alicyclic amines) is 1. The number of nitrogens with zero attached hydrogens (tertiary/aromatic N) is 2. The molecule has 2 unspecified atom stereocenters. The van der Waals surface area contributed by atoms with Crippen molar-refractivity contribution in [1.82, 2.24) is 15.1 Å². The molecule has 5 rings (SSSR count). The first-order valence-corrected chi connectivity index (χ1v) is 9.15. The Kier molecular flexibility index (Phi) is 3.54. The Labute approximate surface area is 152 Å². The second-order valence-electron chi connectivity index (χ2n) is 7.92. The van der Waals surface area contributed by atoms with Crippen molar-refractivity contribution in [3.63, 3.8) is 0 Å². The van der Waals surface area contributed by atoms with Crippen LogP contribution < -0.4 is 4.74 Å². The highest BCUT2D eigenvalue weighted by Gasteiger charge is 2.60. The van der Waals surface area contributed by atoms with E-state index < -0.39 is 0 Å². The molecule has 1 aliphatic heterocycles. The first kappa shape index (κ1) is 15.8. The molecule has 2 atom stereocenters. The lowest BCUT2D eigenvalue weighted by Crippen LogP contribution is -2.27. The van der Waals surface area contributed by atoms with Crippen molar-refractivity contribution in [2.24, 2.45) is 11.3 Å². The number of ether oxygens (including phenoxy) is 1. The summed E-state index contributed by atoms with van der Waals surface area (Å²) < 4.78 is 19.4. The largest absolute Gasteiger partial charge is 0.493 e. The van der Waals surface area contributed by atoms with E-state index in [4.69, 9.17) is 4.74 Å². The molecule has 5 heteroatoms. The molecule has 1 aliphatic carbocycles. The maximum atomic E-state index is 13.4. The average molecular weight is 351 g/mol. The summed E-state index contributed by atoms with van der Waals surface area (Å²) in [5.74, 6) is 1.32. The maximum Gasteiger partial charge on any atom is 0.126 e. The second-order valence-corrected chi connectivity index (χ2v) is 7.92. The van der Waals surface area contributed by atoms with Gasteiger partial charge in [-0.1, -0.05) is 6.07 Å². The zero-order valence-corrected chi connectivity index (χ0v) is 14.8. The molecule has 0 spiro atoms. The zero-order valence-electron chi connectivity index (χ0n) is 14.8. The minimum absolute atomic E-state index is 0.179. The quantitative estimate of drug-likeness (QED) is 0.758. The molecule has 1 aromatic heterocycles. The van der Waals surface area contributed by atoms with Gasteiger partial charge in [0, 0.05) is 30.4 Å². The molecule has 0 amide bonds. The fraction of sp³-hybridized carbons (Fsp3) is 0.381. The van der Waals surface area contributed by atoms with Crippen molar-refractivity contribution in [3.8, 4) is 5.75 Å². The third-order valence-electron chi connectivity index (χ3n) is 5.94. The minimum atomic E-state index is -0.179. The van der Waals surface area contributed by atoms with E-state index in [0.29, 0.717) is 5.56 Å². The SMILES string of the molecule is Cc1cc(OCC23CC2CN(Cc2ccc4[nH]ncc4c2)C3)ccc1F. The highest BCUT2D eigenvalue weighted by molar-refractivity contribution is 5.78. The Balaban J connectivity index is 1.22. The van der Waals surface area contributed by atoms with Gasteiger partial charge in [-0.25, -0.2) is 4.39 Å². The Morgan fingerprint density at radius 3 is 3.12 bits per heavy atom. The summed E-state index contributed by atoms with van der Waals surface area (Å²) >= 11 is 0. The van der Waals surface area contributed by atoms with Crippen molar-refractivity contribution in [3.05, 3.63) is 59.5 Å². The van der Waals surface area contributed by atoms with Gasteiger partial charge in [-0.15, -0.1) is 0 Å². The summed E-state index contributed by atoms with van der Waals surface area (Å²) in [4.78, 5) is 2.52. The Hall–Kier alpha value is -2.40. The molecular weight excluding hydrogens is 329 g/mol. The first-order chi connectivity index (χ1) is 12.6. The fourth-order valence-electron chi connectivity index (χ4n) is 4.33. The van der Waals surface area contributed by atoms with Crippen LogP contribution in [-0.2, 0) is 6.54 Å². The second kappa shape index (κ2) is 5.81. The maximum absolute atomic E-state index is 13.4. The molecule has 1 N–H and O–H groups in total. The molecule has 2 aliphatic rings. The number of fused-ring (bicyclic) bond motifs is 2. The van der Waals surface area contributed by atoms with E-state index in [-0.39, 0.29) is 11.2 Å². The number of aryl methyl sites for hydroxylation is 1. The predicted octanol–water partition coefficient (Wildman–Crippen LogP) is 3.91. The Morgan fingerprint density at radius 1 is 1.31 bits per heavy atom. The zero-order chi connectivity index (χ0) is 17.7. The lowest BCUT2D eigenvalue weighted by molar-refractivity contribution is 0.200. The summed E-state index contributed by atoms with van der Waals surface area (Å²) in [5, 5.41) is 8.25. The first-order valence-electron chi connectivity index (χ1n) is 9.15. The summed E-state index contributed by atoms with van der Waals surface area (Å²) in [6, 6.07) is 11.5. The summed E-state index contributed by atoms with van der Waals surface area (Å²) in [6.45, 7) is 5.67. The molecule has 4 nitrogen and oxygen atoms in total. The number of halogens is 1. The number of benzene rings is 2. The lowest BCUT2D eigenvalue weighted by atomic mass is 10.1. The highest BCUT2D eigenvalue weighted by Crippen LogP contribution is 2.58. The predicted molar refractivity (Wildman–Crippen MR) is 98.5 cm³/mol. The van der Waals surface area contributed by atoms with Gasteiger partial charge in [0.2, 0.25) is 0 Å². The van der Waals surface area contributed by atoms with Crippen LogP contribution in [-0.4, -0.2) is 34.8 Å². The fourth-order valence-corrected chi connectivity index (χ4v) is 4.33. The lowest BCUT2D eigenvalue weighted by Gasteiger charge is -2.21. The van der Waals surface area contributed by atoms with E-state index >= 15 is 0 Å².